The van der Waals surface area contributed by atoms with Crippen LogP contribution >= 0.6 is 0 Å². The predicted molar refractivity (Wildman–Crippen MR) is 56.7 cm³/mol. The number of hydrogen-bond donors (Lipinski definition) is 1. The molecule has 0 aromatic carbocycles. The van der Waals surface area contributed by atoms with Gasteiger partial charge >= 0.3 is 0 Å². The average molecular weight is 210 g/mol. The zero-order chi connectivity index (χ0) is 10.7. The van der Waals surface area contributed by atoms with Gasteiger partial charge in [0.15, 0.2) is 0 Å². The van der Waals surface area contributed by atoms with Gasteiger partial charge < -0.3 is 14.6 Å². The second-order valence-corrected chi connectivity index (χ2v) is 3.81. The van der Waals surface area contributed by atoms with Crippen LogP contribution in [0.2, 0.25) is 0 Å². The molecule has 15 heavy (non-hydrogen) atoms. The molecule has 0 aliphatic carbocycles. The van der Waals surface area contributed by atoms with E-state index in [1.54, 1.807) is 0 Å². The van der Waals surface area contributed by atoms with E-state index in [1.165, 1.54) is 0 Å². The lowest BCUT2D eigenvalue weighted by Crippen LogP contribution is -2.40. The van der Waals surface area contributed by atoms with Crippen LogP contribution in [0.3, 0.4) is 0 Å². The number of aryl methyl sites for hydroxylation is 1. The number of hydrogen-bond acceptors (Lipinski definition) is 4. The highest BCUT2D eigenvalue weighted by Gasteiger charge is 2.17. The Labute approximate surface area is 89.8 Å². The zero-order valence-corrected chi connectivity index (χ0v) is 9.36. The first kappa shape index (κ1) is 10.6. The van der Waals surface area contributed by atoms with Crippen molar-refractivity contribution in [2.45, 2.75) is 32.9 Å². The van der Waals surface area contributed by atoms with E-state index in [2.05, 4.69) is 27.0 Å². The third kappa shape index (κ3) is 2.35. The molecule has 1 fully saturated rings. The van der Waals surface area contributed by atoms with Gasteiger partial charge in [0, 0.05) is 26.1 Å². The smallest absolute Gasteiger partial charge is 0.135 e. The molecule has 1 aliphatic heterocycles. The molecule has 1 atom stereocenters. The fourth-order valence-corrected chi connectivity index (χ4v) is 1.94. The number of nitrogens with one attached hydrogen (secondary N) is 1. The predicted octanol–water partition coefficient (Wildman–Crippen LogP) is 0.137. The SMILES string of the molecule is CCn1c(C)nnc1CC1CNCCO1. The van der Waals surface area contributed by atoms with Crippen molar-refractivity contribution < 1.29 is 4.74 Å². The van der Waals surface area contributed by atoms with Gasteiger partial charge in [-0.05, 0) is 13.8 Å². The third-order valence-electron chi connectivity index (χ3n) is 2.74. The molecule has 5 heteroatoms. The van der Waals surface area contributed by atoms with E-state index in [9.17, 15) is 0 Å². The summed E-state index contributed by atoms with van der Waals surface area (Å²) in [7, 11) is 0. The molecule has 1 aromatic heterocycles. The zero-order valence-electron chi connectivity index (χ0n) is 9.36. The van der Waals surface area contributed by atoms with E-state index in [1.807, 2.05) is 6.92 Å². The molecule has 1 aromatic rings. The Kier molecular flexibility index (Phi) is 3.33. The van der Waals surface area contributed by atoms with Crippen molar-refractivity contribution in [2.24, 2.45) is 0 Å². The Morgan fingerprint density at radius 2 is 2.40 bits per heavy atom. The number of rotatable bonds is 3. The Hall–Kier alpha value is -0.940. The number of nitrogens with zero attached hydrogens (tertiary/aromatic N) is 3. The molecule has 0 radical (unpaired) electrons. The highest BCUT2D eigenvalue weighted by molar-refractivity contribution is 4.96. The van der Waals surface area contributed by atoms with Crippen LogP contribution < -0.4 is 5.32 Å². The van der Waals surface area contributed by atoms with Crippen LogP contribution in [0, 0.1) is 6.92 Å². The van der Waals surface area contributed by atoms with Gasteiger partial charge in [-0.1, -0.05) is 0 Å². The molecule has 2 rings (SSSR count). The lowest BCUT2D eigenvalue weighted by molar-refractivity contribution is 0.0275. The summed E-state index contributed by atoms with van der Waals surface area (Å²) in [5.41, 5.74) is 0. The van der Waals surface area contributed by atoms with Crippen molar-refractivity contribution in [3.05, 3.63) is 11.6 Å². The van der Waals surface area contributed by atoms with E-state index in [-0.39, 0.29) is 6.10 Å². The highest BCUT2D eigenvalue weighted by Crippen LogP contribution is 2.07. The maximum absolute atomic E-state index is 5.65. The van der Waals surface area contributed by atoms with E-state index in [0.29, 0.717) is 0 Å². The van der Waals surface area contributed by atoms with E-state index < -0.39 is 0 Å². The third-order valence-corrected chi connectivity index (χ3v) is 2.74. The van der Waals surface area contributed by atoms with Crippen molar-refractivity contribution in [1.82, 2.24) is 20.1 Å². The van der Waals surface area contributed by atoms with Crippen molar-refractivity contribution in [2.75, 3.05) is 19.7 Å². The first-order valence-electron chi connectivity index (χ1n) is 5.52. The first-order valence-corrected chi connectivity index (χ1v) is 5.52. The van der Waals surface area contributed by atoms with Gasteiger partial charge in [-0.2, -0.15) is 0 Å². The molecule has 0 saturated carbocycles. The minimum Gasteiger partial charge on any atom is -0.375 e. The molecular formula is C10H18N4O. The van der Waals surface area contributed by atoms with E-state index >= 15 is 0 Å². The van der Waals surface area contributed by atoms with Crippen LogP contribution in [0.25, 0.3) is 0 Å². The molecule has 1 saturated heterocycles. The second kappa shape index (κ2) is 4.72. The van der Waals surface area contributed by atoms with Crippen LogP contribution in [0.4, 0.5) is 0 Å². The Morgan fingerprint density at radius 1 is 1.53 bits per heavy atom. The number of ether oxygens (including phenoxy) is 1. The maximum Gasteiger partial charge on any atom is 0.135 e. The Bertz CT molecular complexity index is 317. The lowest BCUT2D eigenvalue weighted by Gasteiger charge is -2.23. The molecule has 1 N–H and O–H groups in total. The van der Waals surface area contributed by atoms with Gasteiger partial charge in [-0.15, -0.1) is 10.2 Å². The summed E-state index contributed by atoms with van der Waals surface area (Å²) in [6.07, 6.45) is 1.09. The van der Waals surface area contributed by atoms with Gasteiger partial charge in [0.05, 0.1) is 12.7 Å². The number of aromatic nitrogens is 3. The summed E-state index contributed by atoms with van der Waals surface area (Å²) in [5, 5.41) is 11.6. The number of morpholine rings is 1. The molecule has 0 spiro atoms. The van der Waals surface area contributed by atoms with E-state index in [0.717, 1.165) is 44.3 Å². The monoisotopic (exact) mass is 210 g/mol. The summed E-state index contributed by atoms with van der Waals surface area (Å²) in [4.78, 5) is 0. The van der Waals surface area contributed by atoms with Crippen molar-refractivity contribution >= 4 is 0 Å². The molecule has 0 amide bonds. The maximum atomic E-state index is 5.65. The fourth-order valence-electron chi connectivity index (χ4n) is 1.94. The van der Waals surface area contributed by atoms with Crippen LogP contribution in [0.1, 0.15) is 18.6 Å². The molecule has 1 aliphatic rings. The minimum absolute atomic E-state index is 0.243. The van der Waals surface area contributed by atoms with Crippen LogP contribution in [0.15, 0.2) is 0 Å². The Morgan fingerprint density at radius 3 is 3.07 bits per heavy atom. The van der Waals surface area contributed by atoms with Gasteiger partial charge in [0.25, 0.3) is 0 Å². The molecular weight excluding hydrogens is 192 g/mol. The van der Waals surface area contributed by atoms with E-state index in [4.69, 9.17) is 4.74 Å². The molecule has 2 heterocycles. The van der Waals surface area contributed by atoms with Gasteiger partial charge in [-0.3, -0.25) is 0 Å². The largest absolute Gasteiger partial charge is 0.375 e. The van der Waals surface area contributed by atoms with Crippen molar-refractivity contribution in [1.29, 1.82) is 0 Å². The average Bonchev–Trinajstić information content (AvgIpc) is 2.61. The molecule has 5 nitrogen and oxygen atoms in total. The summed E-state index contributed by atoms with van der Waals surface area (Å²) >= 11 is 0. The topological polar surface area (TPSA) is 52.0 Å². The van der Waals surface area contributed by atoms with Gasteiger partial charge in [0.1, 0.15) is 11.6 Å². The summed E-state index contributed by atoms with van der Waals surface area (Å²) in [6, 6.07) is 0. The summed E-state index contributed by atoms with van der Waals surface area (Å²) in [6.45, 7) is 7.68. The van der Waals surface area contributed by atoms with Crippen molar-refractivity contribution in [3.63, 3.8) is 0 Å². The molecule has 1 unspecified atom stereocenters. The lowest BCUT2D eigenvalue weighted by atomic mass is 10.2. The van der Waals surface area contributed by atoms with Gasteiger partial charge in [-0.25, -0.2) is 0 Å². The normalized spacial score (nSPS) is 21.9. The van der Waals surface area contributed by atoms with Crippen LogP contribution in [0.5, 0.6) is 0 Å². The minimum atomic E-state index is 0.243. The van der Waals surface area contributed by atoms with Gasteiger partial charge in [0.2, 0.25) is 0 Å². The second-order valence-electron chi connectivity index (χ2n) is 3.81. The standard InChI is InChI=1S/C10H18N4O/c1-3-14-8(2)12-13-10(14)6-9-7-11-4-5-15-9/h9,11H,3-7H2,1-2H3. The van der Waals surface area contributed by atoms with Crippen LogP contribution in [-0.2, 0) is 17.7 Å². The quantitative estimate of drug-likeness (QED) is 0.771. The molecule has 84 valence electrons. The summed E-state index contributed by atoms with van der Waals surface area (Å²) in [5.74, 6) is 2.01. The highest BCUT2D eigenvalue weighted by atomic mass is 16.5. The summed E-state index contributed by atoms with van der Waals surface area (Å²) < 4.78 is 7.78. The van der Waals surface area contributed by atoms with Crippen molar-refractivity contribution in [3.8, 4) is 0 Å². The Balaban J connectivity index is 2.02. The fraction of sp³-hybridized carbons (Fsp3) is 0.800. The first-order chi connectivity index (χ1) is 7.31. The molecule has 0 bridgehead atoms. The van der Waals surface area contributed by atoms with Crippen LogP contribution in [-0.4, -0.2) is 40.6 Å².